The second kappa shape index (κ2) is 6.18. The van der Waals surface area contributed by atoms with Crippen LogP contribution < -0.4 is 0 Å². The molecule has 7 nitrogen and oxygen atoms in total. The smallest absolute Gasteiger partial charge is 0.236 e. The molecule has 1 unspecified atom stereocenters. The highest BCUT2D eigenvalue weighted by atomic mass is 16.5. The summed E-state index contributed by atoms with van der Waals surface area (Å²) in [6.45, 7) is 10.6. The number of hydrogen-bond donors (Lipinski definition) is 0. The fraction of sp³-hybridized carbons (Fsp3) is 0.667. The lowest BCUT2D eigenvalue weighted by Crippen LogP contribution is -2.39. The first-order valence-electron chi connectivity index (χ1n) is 7.62. The van der Waals surface area contributed by atoms with Gasteiger partial charge in [0, 0.05) is 25.9 Å². The van der Waals surface area contributed by atoms with E-state index in [0.717, 1.165) is 18.0 Å². The Morgan fingerprint density at radius 3 is 2.68 bits per heavy atom. The minimum atomic E-state index is -0.0369. The Balaban J connectivity index is 1.80. The van der Waals surface area contributed by atoms with Gasteiger partial charge in [-0.05, 0) is 6.92 Å². The third-order valence-corrected chi connectivity index (χ3v) is 3.83. The van der Waals surface area contributed by atoms with E-state index in [-0.39, 0.29) is 12.0 Å². The van der Waals surface area contributed by atoms with Crippen LogP contribution in [0.3, 0.4) is 0 Å². The number of aromatic nitrogens is 3. The molecule has 0 aliphatic carbocycles. The molecule has 0 amide bonds. The van der Waals surface area contributed by atoms with E-state index >= 15 is 0 Å². The Hall–Kier alpha value is -1.73. The standard InChI is InChI=1S/C15H22N4O3/c1-9(2)14-17-18-15(22-14)13-8-20-6-5-19(13)7-12-10(3)21-11(4)16-12/h9,13H,5-8H2,1-4H3. The van der Waals surface area contributed by atoms with Crippen molar-refractivity contribution in [1.29, 1.82) is 0 Å². The van der Waals surface area contributed by atoms with Gasteiger partial charge in [0.15, 0.2) is 5.89 Å². The Labute approximate surface area is 129 Å². The van der Waals surface area contributed by atoms with E-state index in [4.69, 9.17) is 13.6 Å². The maximum Gasteiger partial charge on any atom is 0.236 e. The zero-order valence-electron chi connectivity index (χ0n) is 13.5. The van der Waals surface area contributed by atoms with Crippen LogP contribution >= 0.6 is 0 Å². The summed E-state index contributed by atoms with van der Waals surface area (Å²) >= 11 is 0. The number of ether oxygens (including phenoxy) is 1. The molecule has 0 bridgehead atoms. The van der Waals surface area contributed by atoms with Crippen LogP contribution in [-0.2, 0) is 11.3 Å². The summed E-state index contributed by atoms with van der Waals surface area (Å²) in [6, 6.07) is -0.0369. The first kappa shape index (κ1) is 15.2. The van der Waals surface area contributed by atoms with Gasteiger partial charge in [-0.3, -0.25) is 4.90 Å². The zero-order chi connectivity index (χ0) is 15.7. The van der Waals surface area contributed by atoms with Crippen LogP contribution in [0, 0.1) is 13.8 Å². The van der Waals surface area contributed by atoms with Crippen LogP contribution in [-0.4, -0.2) is 39.8 Å². The Morgan fingerprint density at radius 2 is 2.05 bits per heavy atom. The lowest BCUT2D eigenvalue weighted by molar-refractivity contribution is -0.0233. The number of aryl methyl sites for hydroxylation is 2. The average Bonchev–Trinajstić information content (AvgIpc) is 3.07. The average molecular weight is 306 g/mol. The van der Waals surface area contributed by atoms with Gasteiger partial charge in [0.1, 0.15) is 11.8 Å². The highest BCUT2D eigenvalue weighted by molar-refractivity contribution is 5.08. The highest BCUT2D eigenvalue weighted by Crippen LogP contribution is 2.27. The molecule has 0 saturated carbocycles. The molecule has 0 spiro atoms. The van der Waals surface area contributed by atoms with E-state index in [1.165, 1.54) is 0 Å². The van der Waals surface area contributed by atoms with Gasteiger partial charge in [0.2, 0.25) is 11.8 Å². The summed E-state index contributed by atoms with van der Waals surface area (Å²) in [5, 5.41) is 8.32. The third kappa shape index (κ3) is 3.05. The van der Waals surface area contributed by atoms with Crippen LogP contribution in [0.4, 0.5) is 0 Å². The lowest BCUT2D eigenvalue weighted by Gasteiger charge is -2.32. The van der Waals surface area contributed by atoms with E-state index < -0.39 is 0 Å². The minimum absolute atomic E-state index is 0.0369. The van der Waals surface area contributed by atoms with E-state index in [9.17, 15) is 0 Å². The van der Waals surface area contributed by atoms with Crippen LogP contribution in [0.15, 0.2) is 8.83 Å². The second-order valence-corrected chi connectivity index (χ2v) is 5.93. The van der Waals surface area contributed by atoms with Gasteiger partial charge in [-0.1, -0.05) is 13.8 Å². The van der Waals surface area contributed by atoms with Gasteiger partial charge in [-0.25, -0.2) is 4.98 Å². The van der Waals surface area contributed by atoms with Crippen LogP contribution in [0.25, 0.3) is 0 Å². The first-order valence-corrected chi connectivity index (χ1v) is 7.62. The molecule has 120 valence electrons. The predicted octanol–water partition coefficient (Wildman–Crippen LogP) is 2.37. The molecule has 0 aromatic carbocycles. The number of hydrogen-bond acceptors (Lipinski definition) is 7. The van der Waals surface area contributed by atoms with E-state index in [2.05, 4.69) is 20.1 Å². The maximum atomic E-state index is 5.80. The Bertz CT molecular complexity index is 635. The molecular formula is C15H22N4O3. The Kier molecular flexibility index (Phi) is 4.26. The number of nitrogens with zero attached hydrogens (tertiary/aromatic N) is 4. The van der Waals surface area contributed by atoms with Crippen LogP contribution in [0.5, 0.6) is 0 Å². The van der Waals surface area contributed by atoms with Gasteiger partial charge in [-0.15, -0.1) is 10.2 Å². The van der Waals surface area contributed by atoms with Crippen molar-refractivity contribution in [3.63, 3.8) is 0 Å². The molecule has 2 aromatic heterocycles. The van der Waals surface area contributed by atoms with E-state index in [1.807, 2.05) is 27.7 Å². The summed E-state index contributed by atoms with van der Waals surface area (Å²) in [5.74, 6) is 3.04. The third-order valence-electron chi connectivity index (χ3n) is 3.83. The molecule has 1 fully saturated rings. The van der Waals surface area contributed by atoms with Gasteiger partial charge >= 0.3 is 0 Å². The van der Waals surface area contributed by atoms with Crippen molar-refractivity contribution < 1.29 is 13.6 Å². The zero-order valence-corrected chi connectivity index (χ0v) is 13.5. The molecule has 1 saturated heterocycles. The van der Waals surface area contributed by atoms with E-state index in [0.29, 0.717) is 37.4 Å². The summed E-state index contributed by atoms with van der Waals surface area (Å²) < 4.78 is 16.9. The predicted molar refractivity (Wildman–Crippen MR) is 78.3 cm³/mol. The van der Waals surface area contributed by atoms with Crippen molar-refractivity contribution in [1.82, 2.24) is 20.1 Å². The maximum absolute atomic E-state index is 5.80. The van der Waals surface area contributed by atoms with Gasteiger partial charge in [0.05, 0.1) is 18.9 Å². The lowest BCUT2D eigenvalue weighted by atomic mass is 10.2. The van der Waals surface area contributed by atoms with Crippen LogP contribution in [0.2, 0.25) is 0 Å². The summed E-state index contributed by atoms with van der Waals surface area (Å²) in [5.41, 5.74) is 0.952. The van der Waals surface area contributed by atoms with E-state index in [1.54, 1.807) is 0 Å². The highest BCUT2D eigenvalue weighted by Gasteiger charge is 2.30. The Morgan fingerprint density at radius 1 is 1.23 bits per heavy atom. The molecule has 1 aliphatic rings. The summed E-state index contributed by atoms with van der Waals surface area (Å²) in [6.07, 6.45) is 0. The van der Waals surface area contributed by atoms with Crippen molar-refractivity contribution in [3.8, 4) is 0 Å². The molecule has 7 heteroatoms. The van der Waals surface area contributed by atoms with Crippen molar-refractivity contribution in [2.75, 3.05) is 19.8 Å². The normalized spacial score (nSPS) is 20.0. The molecule has 1 aliphatic heterocycles. The molecular weight excluding hydrogens is 284 g/mol. The molecule has 3 rings (SSSR count). The topological polar surface area (TPSA) is 77.4 Å². The minimum Gasteiger partial charge on any atom is -0.446 e. The molecule has 3 heterocycles. The largest absolute Gasteiger partial charge is 0.446 e. The summed E-state index contributed by atoms with van der Waals surface area (Å²) in [7, 11) is 0. The van der Waals surface area contributed by atoms with Gasteiger partial charge in [-0.2, -0.15) is 0 Å². The quantitative estimate of drug-likeness (QED) is 0.858. The molecule has 22 heavy (non-hydrogen) atoms. The SMILES string of the molecule is Cc1nc(CN2CCOCC2c2nnc(C(C)C)o2)c(C)o1. The summed E-state index contributed by atoms with van der Waals surface area (Å²) in [4.78, 5) is 6.71. The fourth-order valence-electron chi connectivity index (χ4n) is 2.58. The monoisotopic (exact) mass is 306 g/mol. The van der Waals surface area contributed by atoms with Gasteiger partial charge < -0.3 is 13.6 Å². The van der Waals surface area contributed by atoms with Gasteiger partial charge in [0.25, 0.3) is 0 Å². The number of rotatable bonds is 4. The van der Waals surface area contributed by atoms with Crippen molar-refractivity contribution in [2.45, 2.75) is 46.2 Å². The molecule has 0 radical (unpaired) electrons. The molecule has 2 aromatic rings. The van der Waals surface area contributed by atoms with Crippen molar-refractivity contribution in [2.24, 2.45) is 0 Å². The van der Waals surface area contributed by atoms with Crippen molar-refractivity contribution in [3.05, 3.63) is 29.1 Å². The van der Waals surface area contributed by atoms with Crippen molar-refractivity contribution >= 4 is 0 Å². The molecule has 1 atom stereocenters. The second-order valence-electron chi connectivity index (χ2n) is 5.93. The molecule has 0 N–H and O–H groups in total. The fourth-order valence-corrected chi connectivity index (χ4v) is 2.58. The number of oxazole rings is 1. The number of morpholine rings is 1. The van der Waals surface area contributed by atoms with Crippen LogP contribution in [0.1, 0.15) is 54.9 Å². The first-order chi connectivity index (χ1) is 10.5.